The van der Waals surface area contributed by atoms with Gasteiger partial charge < -0.3 is 13.7 Å². The summed E-state index contributed by atoms with van der Waals surface area (Å²) < 4.78 is 15.0. The third kappa shape index (κ3) is 4.90. The smallest absolute Gasteiger partial charge is 0.145 e. The van der Waals surface area contributed by atoms with Crippen LogP contribution < -0.4 is 4.90 Å². The lowest BCUT2D eigenvalue weighted by Gasteiger charge is -2.25. The van der Waals surface area contributed by atoms with E-state index in [0.29, 0.717) is 0 Å². The van der Waals surface area contributed by atoms with E-state index in [2.05, 4.69) is 161 Å². The summed E-state index contributed by atoms with van der Waals surface area (Å²) in [5, 5.41) is 4.41. The van der Waals surface area contributed by atoms with Crippen molar-refractivity contribution in [2.75, 3.05) is 4.90 Å². The Hall–Kier alpha value is -7.37. The Bertz CT molecular complexity index is 3060. The maximum Gasteiger partial charge on any atom is 0.145 e. The number of furan rings is 2. The lowest BCUT2D eigenvalue weighted by molar-refractivity contribution is 0.669. The van der Waals surface area contributed by atoms with Crippen LogP contribution in [0.3, 0.4) is 0 Å². The van der Waals surface area contributed by atoms with Crippen LogP contribution in [0.4, 0.5) is 17.1 Å². The fraction of sp³-hybridized carbons (Fsp3) is 0. The van der Waals surface area contributed by atoms with Crippen LogP contribution in [0, 0.1) is 0 Å². The van der Waals surface area contributed by atoms with Crippen molar-refractivity contribution in [2.45, 2.75) is 0 Å². The summed E-state index contributed by atoms with van der Waals surface area (Å²) in [6.07, 6.45) is 0. The molecule has 254 valence electrons. The van der Waals surface area contributed by atoms with Crippen LogP contribution >= 0.6 is 0 Å². The Balaban J connectivity index is 1.02. The van der Waals surface area contributed by atoms with E-state index >= 15 is 0 Å². The fourth-order valence-electron chi connectivity index (χ4n) is 7.85. The molecule has 0 unspecified atom stereocenters. The van der Waals surface area contributed by atoms with Crippen molar-refractivity contribution in [3.63, 3.8) is 0 Å². The van der Waals surface area contributed by atoms with Gasteiger partial charge in [-0.25, -0.2) is 4.98 Å². The molecular weight excluding hydrogens is 663 g/mol. The molecule has 11 aromatic rings. The van der Waals surface area contributed by atoms with Crippen LogP contribution in [0.5, 0.6) is 0 Å². The number of nitrogens with zero attached hydrogens (tertiary/aromatic N) is 3. The maximum atomic E-state index is 6.36. The van der Waals surface area contributed by atoms with E-state index in [-0.39, 0.29) is 0 Å². The van der Waals surface area contributed by atoms with Crippen LogP contribution in [-0.2, 0) is 0 Å². The second-order valence-electron chi connectivity index (χ2n) is 13.6. The zero-order valence-corrected chi connectivity index (χ0v) is 29.1. The van der Waals surface area contributed by atoms with Crippen molar-refractivity contribution in [1.29, 1.82) is 0 Å². The van der Waals surface area contributed by atoms with E-state index in [4.69, 9.17) is 13.8 Å². The average Bonchev–Trinajstić information content (AvgIpc) is 3.93. The maximum absolute atomic E-state index is 6.36. The Morgan fingerprint density at radius 3 is 1.63 bits per heavy atom. The Labute approximate surface area is 310 Å². The summed E-state index contributed by atoms with van der Waals surface area (Å²) in [6.45, 7) is 0. The molecule has 0 amide bonds. The van der Waals surface area contributed by atoms with Gasteiger partial charge in [-0.3, -0.25) is 4.57 Å². The average molecular weight is 694 g/mol. The van der Waals surface area contributed by atoms with Gasteiger partial charge in [0.05, 0.1) is 11.0 Å². The van der Waals surface area contributed by atoms with Crippen molar-refractivity contribution in [2.24, 2.45) is 0 Å². The van der Waals surface area contributed by atoms with Gasteiger partial charge in [0.15, 0.2) is 0 Å². The van der Waals surface area contributed by atoms with E-state index in [1.54, 1.807) is 0 Å². The topological polar surface area (TPSA) is 47.3 Å². The summed E-state index contributed by atoms with van der Waals surface area (Å²) >= 11 is 0. The highest BCUT2D eigenvalue weighted by Crippen LogP contribution is 2.41. The number of rotatable bonds is 6. The van der Waals surface area contributed by atoms with Gasteiger partial charge in [-0.1, -0.05) is 103 Å². The number of imidazole rings is 1. The molecule has 0 aliphatic heterocycles. The van der Waals surface area contributed by atoms with Gasteiger partial charge in [0, 0.05) is 62.0 Å². The molecule has 0 radical (unpaired) electrons. The molecule has 0 saturated carbocycles. The van der Waals surface area contributed by atoms with Crippen molar-refractivity contribution < 1.29 is 8.83 Å². The van der Waals surface area contributed by atoms with Gasteiger partial charge in [0.25, 0.3) is 0 Å². The summed E-state index contributed by atoms with van der Waals surface area (Å²) in [6, 6.07) is 65.5. The highest BCUT2D eigenvalue weighted by atomic mass is 16.3. The van der Waals surface area contributed by atoms with Crippen molar-refractivity contribution in [3.8, 4) is 28.2 Å². The minimum atomic E-state index is 0.846. The van der Waals surface area contributed by atoms with E-state index in [9.17, 15) is 0 Å². The minimum absolute atomic E-state index is 0.846. The summed E-state index contributed by atoms with van der Waals surface area (Å²) in [4.78, 5) is 7.32. The Kier molecular flexibility index (Phi) is 6.79. The van der Waals surface area contributed by atoms with Crippen molar-refractivity contribution in [3.05, 3.63) is 188 Å². The molecule has 3 heterocycles. The summed E-state index contributed by atoms with van der Waals surface area (Å²) in [5.74, 6) is 0.919. The van der Waals surface area contributed by atoms with Gasteiger partial charge in [0.1, 0.15) is 28.2 Å². The number of aromatic nitrogens is 2. The summed E-state index contributed by atoms with van der Waals surface area (Å²) in [5.41, 5.74) is 12.9. The number of anilines is 3. The number of fused-ring (bicyclic) bond motifs is 7. The van der Waals surface area contributed by atoms with Gasteiger partial charge in [-0.15, -0.1) is 0 Å². The Morgan fingerprint density at radius 1 is 0.389 bits per heavy atom. The number of para-hydroxylation sites is 4. The van der Waals surface area contributed by atoms with Crippen molar-refractivity contribution in [1.82, 2.24) is 9.55 Å². The van der Waals surface area contributed by atoms with E-state index in [0.717, 1.165) is 100 Å². The predicted octanol–water partition coefficient (Wildman–Crippen LogP) is 13.6. The number of hydrogen-bond donors (Lipinski definition) is 0. The molecule has 0 saturated heterocycles. The zero-order valence-electron chi connectivity index (χ0n) is 29.1. The van der Waals surface area contributed by atoms with Crippen LogP contribution in [0.25, 0.3) is 83.1 Å². The first-order chi connectivity index (χ1) is 26.7. The summed E-state index contributed by atoms with van der Waals surface area (Å²) in [7, 11) is 0. The molecule has 0 N–H and O–H groups in total. The zero-order chi connectivity index (χ0) is 35.6. The minimum Gasteiger partial charge on any atom is -0.456 e. The third-order valence-electron chi connectivity index (χ3n) is 10.4. The van der Waals surface area contributed by atoms with Crippen LogP contribution in [0.1, 0.15) is 0 Å². The highest BCUT2D eigenvalue weighted by Gasteiger charge is 2.19. The highest BCUT2D eigenvalue weighted by molar-refractivity contribution is 6.07. The van der Waals surface area contributed by atoms with Gasteiger partial charge in [-0.2, -0.15) is 0 Å². The molecule has 0 aliphatic rings. The molecule has 0 atom stereocenters. The molecule has 54 heavy (non-hydrogen) atoms. The molecule has 0 aliphatic carbocycles. The number of benzene rings is 8. The first-order valence-electron chi connectivity index (χ1n) is 18.1. The normalized spacial score (nSPS) is 11.7. The van der Waals surface area contributed by atoms with Crippen LogP contribution in [0.2, 0.25) is 0 Å². The Morgan fingerprint density at radius 2 is 0.944 bits per heavy atom. The first kappa shape index (κ1) is 30.3. The molecule has 8 aromatic carbocycles. The van der Waals surface area contributed by atoms with Gasteiger partial charge in [0.2, 0.25) is 0 Å². The standard InChI is InChI=1S/C49H31N3O2/c1-2-11-33(12-3-1)49-50-43-17-6-7-18-44(43)52(49)36-14-10-13-34(29-36)32-21-23-35(24-22-32)51(37-25-27-41-39-15-4-8-19-45(39)53-47(41)30-37)38-26-28-42-40-16-5-9-20-46(40)54-48(42)31-38/h1-31H. The van der Waals surface area contributed by atoms with Gasteiger partial charge >= 0.3 is 0 Å². The second kappa shape index (κ2) is 12.1. The lowest BCUT2D eigenvalue weighted by Crippen LogP contribution is -2.09. The third-order valence-corrected chi connectivity index (χ3v) is 10.4. The first-order valence-corrected chi connectivity index (χ1v) is 18.1. The van der Waals surface area contributed by atoms with Crippen LogP contribution in [0.15, 0.2) is 197 Å². The lowest BCUT2D eigenvalue weighted by atomic mass is 10.0. The van der Waals surface area contributed by atoms with Crippen molar-refractivity contribution >= 4 is 72.0 Å². The van der Waals surface area contributed by atoms with Crippen LogP contribution in [-0.4, -0.2) is 9.55 Å². The predicted molar refractivity (Wildman–Crippen MR) is 221 cm³/mol. The molecule has 0 bridgehead atoms. The second-order valence-corrected chi connectivity index (χ2v) is 13.6. The largest absolute Gasteiger partial charge is 0.456 e. The number of hydrogen-bond acceptors (Lipinski definition) is 4. The molecular formula is C49H31N3O2. The fourth-order valence-corrected chi connectivity index (χ4v) is 7.85. The SMILES string of the molecule is c1ccc(-c2nc3ccccc3n2-c2cccc(-c3ccc(N(c4ccc5c(c4)oc4ccccc45)c4ccc5c(c4)oc4ccccc45)cc3)c2)cc1. The van der Waals surface area contributed by atoms with E-state index in [1.165, 1.54) is 0 Å². The molecule has 3 aromatic heterocycles. The van der Waals surface area contributed by atoms with Gasteiger partial charge in [-0.05, 0) is 83.9 Å². The van der Waals surface area contributed by atoms with E-state index < -0.39 is 0 Å². The molecule has 5 heteroatoms. The van der Waals surface area contributed by atoms with E-state index in [1.807, 2.05) is 36.4 Å². The quantitative estimate of drug-likeness (QED) is 0.174. The molecule has 0 spiro atoms. The molecule has 0 fully saturated rings. The molecule has 5 nitrogen and oxygen atoms in total. The monoisotopic (exact) mass is 693 g/mol. The molecule has 11 rings (SSSR count).